The monoisotopic (exact) mass is 534 g/mol. The predicted molar refractivity (Wildman–Crippen MR) is 150 cm³/mol. The van der Waals surface area contributed by atoms with Gasteiger partial charge in [-0.05, 0) is 109 Å². The number of ether oxygens (including phenoxy) is 2. The Hall–Kier alpha value is -3.55. The van der Waals surface area contributed by atoms with Gasteiger partial charge in [-0.25, -0.2) is 9.79 Å². The van der Waals surface area contributed by atoms with Crippen molar-refractivity contribution in [3.8, 4) is 5.75 Å². The second-order valence-electron chi connectivity index (χ2n) is 8.54. The van der Waals surface area contributed by atoms with Crippen molar-refractivity contribution >= 4 is 52.2 Å². The van der Waals surface area contributed by atoms with Crippen molar-refractivity contribution in [1.29, 1.82) is 0 Å². The van der Waals surface area contributed by atoms with Crippen molar-refractivity contribution in [2.75, 3.05) is 13.7 Å². The van der Waals surface area contributed by atoms with E-state index in [9.17, 15) is 9.59 Å². The summed E-state index contributed by atoms with van der Waals surface area (Å²) in [7, 11) is 1.70. The average molecular weight is 535 g/mol. The molecule has 0 spiro atoms. The van der Waals surface area contributed by atoms with Gasteiger partial charge in [-0.2, -0.15) is 0 Å². The quantitative estimate of drug-likeness (QED) is 0.242. The van der Waals surface area contributed by atoms with Crippen molar-refractivity contribution in [3.63, 3.8) is 0 Å². The second-order valence-corrected chi connectivity index (χ2v) is 9.98. The number of rotatable bonds is 7. The lowest BCUT2D eigenvalue weighted by atomic mass is 10.0. The number of carbonyl (C=O) groups excluding carboxylic acids is 2. The Morgan fingerprint density at radius 1 is 1.05 bits per heavy atom. The molecule has 190 valence electrons. The van der Waals surface area contributed by atoms with E-state index in [0.29, 0.717) is 39.6 Å². The van der Waals surface area contributed by atoms with Gasteiger partial charge >= 0.3 is 5.97 Å². The van der Waals surface area contributed by atoms with Crippen molar-refractivity contribution in [3.05, 3.63) is 98.4 Å². The van der Waals surface area contributed by atoms with Crippen LogP contribution in [0.25, 0.3) is 6.08 Å². The highest BCUT2D eigenvalue weighted by atomic mass is 35.5. The zero-order valence-corrected chi connectivity index (χ0v) is 22.7. The number of aliphatic imine (C=N–C) groups is 1. The number of halogens is 1. The fraction of sp³-hybridized carbons (Fsp3) is 0.207. The molecule has 3 aromatic carbocycles. The third-order valence-electron chi connectivity index (χ3n) is 5.68. The van der Waals surface area contributed by atoms with Crippen LogP contribution in [0.2, 0.25) is 5.02 Å². The number of esters is 1. The van der Waals surface area contributed by atoms with Crippen molar-refractivity contribution in [2.45, 2.75) is 27.4 Å². The van der Waals surface area contributed by atoms with Crippen LogP contribution in [0.15, 0.2) is 70.6 Å². The van der Waals surface area contributed by atoms with Crippen molar-refractivity contribution in [1.82, 2.24) is 4.90 Å². The summed E-state index contributed by atoms with van der Waals surface area (Å²) in [6, 6.07) is 18.4. The fourth-order valence-corrected chi connectivity index (χ4v) is 4.94. The molecule has 0 radical (unpaired) electrons. The molecule has 0 aromatic heterocycles. The minimum absolute atomic E-state index is 0.120. The smallest absolute Gasteiger partial charge is 0.338 e. The van der Waals surface area contributed by atoms with Gasteiger partial charge in [0.05, 0.1) is 22.8 Å². The van der Waals surface area contributed by atoms with E-state index in [1.807, 2.05) is 56.3 Å². The molecule has 0 aliphatic carbocycles. The highest BCUT2D eigenvalue weighted by Gasteiger charge is 2.30. The minimum atomic E-state index is -0.374. The lowest BCUT2D eigenvalue weighted by molar-refractivity contribution is -0.121. The molecule has 1 aliphatic heterocycles. The van der Waals surface area contributed by atoms with Crippen LogP contribution in [0, 0.1) is 13.8 Å². The lowest BCUT2D eigenvalue weighted by Crippen LogP contribution is -2.23. The average Bonchev–Trinajstić information content (AvgIpc) is 3.12. The molecular weight excluding hydrogens is 508 g/mol. The predicted octanol–water partition coefficient (Wildman–Crippen LogP) is 6.95. The van der Waals surface area contributed by atoms with Gasteiger partial charge < -0.3 is 9.47 Å². The molecule has 1 aliphatic rings. The van der Waals surface area contributed by atoms with E-state index in [2.05, 4.69) is 4.99 Å². The maximum Gasteiger partial charge on any atom is 0.338 e. The number of likely N-dealkylation sites (N-methyl/N-ethyl adjacent to an activating group) is 1. The second kappa shape index (κ2) is 11.7. The largest absolute Gasteiger partial charge is 0.488 e. The Kier molecular flexibility index (Phi) is 8.36. The van der Waals surface area contributed by atoms with E-state index >= 15 is 0 Å². The molecule has 0 N–H and O–H groups in total. The molecule has 3 aromatic rings. The van der Waals surface area contributed by atoms with Crippen LogP contribution < -0.4 is 4.74 Å². The van der Waals surface area contributed by atoms with Crippen LogP contribution in [-0.2, 0) is 16.1 Å². The number of carbonyl (C=O) groups is 2. The standard InChI is InChI=1S/C29H27ClN2O4S/c1-5-35-28(34)22-8-12-24(13-9-22)31-29-32(4)27(33)25(37-29)16-21-14-18(2)26(19(3)15-21)36-17-20-6-10-23(30)11-7-20/h6-16H,5,17H2,1-4H3/b25-16-,31-29?. The first kappa shape index (κ1) is 26.5. The third-order valence-corrected chi connectivity index (χ3v) is 7.00. The highest BCUT2D eigenvalue weighted by molar-refractivity contribution is 8.18. The van der Waals surface area contributed by atoms with E-state index in [1.165, 1.54) is 16.7 Å². The Labute approximate surface area is 225 Å². The number of hydrogen-bond donors (Lipinski definition) is 0. The van der Waals surface area contributed by atoms with Gasteiger partial charge in [-0.15, -0.1) is 0 Å². The molecular formula is C29H27ClN2O4S. The van der Waals surface area contributed by atoms with E-state index in [4.69, 9.17) is 21.1 Å². The van der Waals surface area contributed by atoms with E-state index in [1.54, 1.807) is 38.2 Å². The Morgan fingerprint density at radius 2 is 1.70 bits per heavy atom. The van der Waals surface area contributed by atoms with E-state index < -0.39 is 0 Å². The van der Waals surface area contributed by atoms with Crippen LogP contribution in [0.4, 0.5) is 5.69 Å². The molecule has 0 bridgehead atoms. The van der Waals surface area contributed by atoms with E-state index in [0.717, 1.165) is 28.0 Å². The third kappa shape index (κ3) is 6.42. The summed E-state index contributed by atoms with van der Waals surface area (Å²) >= 11 is 7.28. The summed E-state index contributed by atoms with van der Waals surface area (Å²) < 4.78 is 11.1. The van der Waals surface area contributed by atoms with Gasteiger partial charge in [0.25, 0.3) is 5.91 Å². The van der Waals surface area contributed by atoms with Crippen LogP contribution in [0.3, 0.4) is 0 Å². The van der Waals surface area contributed by atoms with Gasteiger partial charge in [0, 0.05) is 12.1 Å². The Bertz CT molecular complexity index is 1360. The van der Waals surface area contributed by atoms with Crippen LogP contribution >= 0.6 is 23.4 Å². The van der Waals surface area contributed by atoms with Crippen LogP contribution in [0.5, 0.6) is 5.75 Å². The van der Waals surface area contributed by atoms with Crippen LogP contribution in [0.1, 0.15) is 39.5 Å². The fourth-order valence-electron chi connectivity index (χ4n) is 3.83. The number of nitrogens with zero attached hydrogens (tertiary/aromatic N) is 2. The maximum absolute atomic E-state index is 12.9. The number of aryl methyl sites for hydroxylation is 2. The first-order chi connectivity index (χ1) is 17.7. The van der Waals surface area contributed by atoms with E-state index in [-0.39, 0.29) is 11.9 Å². The first-order valence-electron chi connectivity index (χ1n) is 11.8. The maximum atomic E-state index is 12.9. The molecule has 37 heavy (non-hydrogen) atoms. The summed E-state index contributed by atoms with van der Waals surface area (Å²) in [4.78, 5) is 31.5. The zero-order chi connectivity index (χ0) is 26.5. The first-order valence-corrected chi connectivity index (χ1v) is 13.0. The molecule has 8 heteroatoms. The molecule has 0 atom stereocenters. The SMILES string of the molecule is CCOC(=O)c1ccc(N=C2S/C(=C\c3cc(C)c(OCc4ccc(Cl)cc4)c(C)c3)C(=O)N2C)cc1. The number of thioether (sulfide) groups is 1. The summed E-state index contributed by atoms with van der Waals surface area (Å²) in [6.45, 7) is 6.52. The Morgan fingerprint density at radius 3 is 2.32 bits per heavy atom. The van der Waals surface area contributed by atoms with Crippen LogP contribution in [-0.4, -0.2) is 35.6 Å². The Balaban J connectivity index is 1.49. The number of amidine groups is 1. The molecule has 1 heterocycles. The summed E-state index contributed by atoms with van der Waals surface area (Å²) in [5.41, 5.74) is 5.03. The topological polar surface area (TPSA) is 68.2 Å². The molecule has 4 rings (SSSR count). The molecule has 0 unspecified atom stereocenters. The number of hydrogen-bond acceptors (Lipinski definition) is 6. The lowest BCUT2D eigenvalue weighted by Gasteiger charge is -2.13. The molecule has 0 saturated carbocycles. The van der Waals surface area contributed by atoms with Gasteiger partial charge in [0.2, 0.25) is 0 Å². The van der Waals surface area contributed by atoms with Gasteiger partial charge in [-0.3, -0.25) is 9.69 Å². The van der Waals surface area contributed by atoms with Gasteiger partial charge in [0.1, 0.15) is 12.4 Å². The summed E-state index contributed by atoms with van der Waals surface area (Å²) in [5, 5.41) is 1.26. The minimum Gasteiger partial charge on any atom is -0.488 e. The molecule has 1 fully saturated rings. The molecule has 1 amide bonds. The number of amides is 1. The molecule has 6 nitrogen and oxygen atoms in total. The van der Waals surface area contributed by atoms with Crippen molar-refractivity contribution < 1.29 is 19.1 Å². The highest BCUT2D eigenvalue weighted by Crippen LogP contribution is 2.34. The number of benzene rings is 3. The van der Waals surface area contributed by atoms with Crippen molar-refractivity contribution in [2.24, 2.45) is 4.99 Å². The summed E-state index contributed by atoms with van der Waals surface area (Å²) in [6.07, 6.45) is 1.87. The summed E-state index contributed by atoms with van der Waals surface area (Å²) in [5.74, 6) is 0.333. The molecule has 1 saturated heterocycles. The van der Waals surface area contributed by atoms with Gasteiger partial charge in [0.15, 0.2) is 5.17 Å². The normalized spacial score (nSPS) is 15.5. The zero-order valence-electron chi connectivity index (χ0n) is 21.1. The van der Waals surface area contributed by atoms with Gasteiger partial charge in [-0.1, -0.05) is 23.7 Å².